The van der Waals surface area contributed by atoms with E-state index in [1.54, 1.807) is 0 Å². The van der Waals surface area contributed by atoms with Crippen molar-refractivity contribution in [1.29, 1.82) is 0 Å². The van der Waals surface area contributed by atoms with Crippen LogP contribution in [0.1, 0.15) is 55.3 Å². The number of benzene rings is 1. The van der Waals surface area contributed by atoms with E-state index in [0.29, 0.717) is 17.9 Å². The maximum atomic E-state index is 12.3. The summed E-state index contributed by atoms with van der Waals surface area (Å²) in [4.78, 5) is 29.3. The molecule has 1 fully saturated rings. The van der Waals surface area contributed by atoms with Crippen LogP contribution in [-0.2, 0) is 6.42 Å². The predicted octanol–water partition coefficient (Wildman–Crippen LogP) is 2.95. The van der Waals surface area contributed by atoms with Gasteiger partial charge in [0.15, 0.2) is 0 Å². The first kappa shape index (κ1) is 14.8. The second kappa shape index (κ2) is 6.34. The normalized spacial score (nSPS) is 21.7. The van der Waals surface area contributed by atoms with Crippen LogP contribution >= 0.6 is 0 Å². The average molecular weight is 298 g/mol. The first-order valence-electron chi connectivity index (χ1n) is 8.03. The van der Waals surface area contributed by atoms with E-state index in [4.69, 9.17) is 0 Å². The number of hydrogen-bond acceptors (Lipinski definition) is 2. The third-order valence-electron chi connectivity index (χ3n) is 4.72. The summed E-state index contributed by atoms with van der Waals surface area (Å²) in [5.41, 5.74) is 2.01. The van der Waals surface area contributed by atoms with Crippen molar-refractivity contribution in [3.8, 4) is 0 Å². The fourth-order valence-electron chi connectivity index (χ4n) is 3.40. The lowest BCUT2D eigenvalue weighted by atomic mass is 9.80. The highest BCUT2D eigenvalue weighted by molar-refractivity contribution is 5.29. The number of rotatable bonds is 3. The van der Waals surface area contributed by atoms with Gasteiger partial charge in [-0.3, -0.25) is 9.78 Å². The molecule has 1 saturated carbocycles. The SMILES string of the molecule is CC1CCC(c2[nH]c(=O)[nH]c(=O)c2Cc2ccccc2)CC1. The van der Waals surface area contributed by atoms with Gasteiger partial charge < -0.3 is 4.98 Å². The molecular weight excluding hydrogens is 276 g/mol. The second-order valence-corrected chi connectivity index (χ2v) is 6.42. The third-order valence-corrected chi connectivity index (χ3v) is 4.72. The Bertz CT molecular complexity index is 738. The molecular formula is C18H22N2O2. The highest BCUT2D eigenvalue weighted by Crippen LogP contribution is 2.35. The Morgan fingerprint density at radius 1 is 1.00 bits per heavy atom. The summed E-state index contributed by atoms with van der Waals surface area (Å²) >= 11 is 0. The summed E-state index contributed by atoms with van der Waals surface area (Å²) in [5.74, 6) is 1.03. The van der Waals surface area contributed by atoms with Crippen LogP contribution in [0.5, 0.6) is 0 Å². The predicted molar refractivity (Wildman–Crippen MR) is 87.3 cm³/mol. The van der Waals surface area contributed by atoms with Gasteiger partial charge in [0.1, 0.15) is 0 Å². The van der Waals surface area contributed by atoms with Crippen molar-refractivity contribution in [2.24, 2.45) is 5.92 Å². The summed E-state index contributed by atoms with van der Waals surface area (Å²) < 4.78 is 0. The molecule has 0 amide bonds. The maximum absolute atomic E-state index is 12.3. The number of H-pyrrole nitrogens is 2. The highest BCUT2D eigenvalue weighted by Gasteiger charge is 2.24. The molecule has 1 aromatic heterocycles. The average Bonchev–Trinajstić information content (AvgIpc) is 2.52. The molecule has 0 atom stereocenters. The Hall–Kier alpha value is -2.10. The van der Waals surface area contributed by atoms with E-state index in [2.05, 4.69) is 16.9 Å². The molecule has 1 aliphatic carbocycles. The van der Waals surface area contributed by atoms with Crippen molar-refractivity contribution >= 4 is 0 Å². The summed E-state index contributed by atoms with van der Waals surface area (Å²) in [6.45, 7) is 2.27. The van der Waals surface area contributed by atoms with Gasteiger partial charge in [-0.05, 0) is 30.2 Å². The number of aromatic nitrogens is 2. The Labute approximate surface area is 129 Å². The van der Waals surface area contributed by atoms with Crippen molar-refractivity contribution in [2.75, 3.05) is 0 Å². The van der Waals surface area contributed by atoms with Crippen molar-refractivity contribution in [2.45, 2.75) is 44.9 Å². The van der Waals surface area contributed by atoms with E-state index in [1.807, 2.05) is 30.3 Å². The van der Waals surface area contributed by atoms with Crippen LogP contribution in [-0.4, -0.2) is 9.97 Å². The van der Waals surface area contributed by atoms with Gasteiger partial charge in [0.2, 0.25) is 0 Å². The smallest absolute Gasteiger partial charge is 0.311 e. The molecule has 4 nitrogen and oxygen atoms in total. The number of hydrogen-bond donors (Lipinski definition) is 2. The fraction of sp³-hybridized carbons (Fsp3) is 0.444. The van der Waals surface area contributed by atoms with Crippen LogP contribution in [0.25, 0.3) is 0 Å². The first-order valence-corrected chi connectivity index (χ1v) is 8.03. The monoisotopic (exact) mass is 298 g/mol. The van der Waals surface area contributed by atoms with Gasteiger partial charge in [-0.25, -0.2) is 4.79 Å². The quantitative estimate of drug-likeness (QED) is 0.915. The van der Waals surface area contributed by atoms with Crippen molar-refractivity contribution in [1.82, 2.24) is 9.97 Å². The van der Waals surface area contributed by atoms with E-state index >= 15 is 0 Å². The van der Waals surface area contributed by atoms with Gasteiger partial charge in [-0.2, -0.15) is 0 Å². The molecule has 1 heterocycles. The molecule has 0 saturated heterocycles. The van der Waals surface area contributed by atoms with E-state index < -0.39 is 5.69 Å². The topological polar surface area (TPSA) is 65.7 Å². The van der Waals surface area contributed by atoms with E-state index in [9.17, 15) is 9.59 Å². The van der Waals surface area contributed by atoms with Crippen LogP contribution in [0.15, 0.2) is 39.9 Å². The second-order valence-electron chi connectivity index (χ2n) is 6.42. The molecule has 0 bridgehead atoms. The van der Waals surface area contributed by atoms with Crippen LogP contribution in [0, 0.1) is 5.92 Å². The summed E-state index contributed by atoms with van der Waals surface area (Å²) in [7, 11) is 0. The zero-order valence-electron chi connectivity index (χ0n) is 12.9. The summed E-state index contributed by atoms with van der Waals surface area (Å²) in [6.07, 6.45) is 4.97. The van der Waals surface area contributed by atoms with Crippen LogP contribution in [0.4, 0.5) is 0 Å². The molecule has 4 heteroatoms. The van der Waals surface area contributed by atoms with E-state index in [0.717, 1.165) is 42.9 Å². The minimum atomic E-state index is -0.393. The number of aromatic amines is 2. The largest absolute Gasteiger partial charge is 0.325 e. The molecule has 0 spiro atoms. The molecule has 0 aliphatic heterocycles. The molecule has 1 aliphatic rings. The van der Waals surface area contributed by atoms with Gasteiger partial charge >= 0.3 is 5.69 Å². The van der Waals surface area contributed by atoms with Gasteiger partial charge in [0.05, 0.1) is 0 Å². The molecule has 2 aromatic rings. The third kappa shape index (κ3) is 3.21. The van der Waals surface area contributed by atoms with Crippen molar-refractivity contribution in [3.05, 3.63) is 68.0 Å². The fourth-order valence-corrected chi connectivity index (χ4v) is 3.40. The first-order chi connectivity index (χ1) is 10.6. The Morgan fingerprint density at radius 2 is 1.68 bits per heavy atom. The molecule has 0 radical (unpaired) electrons. The minimum Gasteiger partial charge on any atom is -0.311 e. The minimum absolute atomic E-state index is 0.249. The zero-order valence-corrected chi connectivity index (χ0v) is 12.9. The van der Waals surface area contributed by atoms with Crippen molar-refractivity contribution in [3.63, 3.8) is 0 Å². The van der Waals surface area contributed by atoms with Crippen LogP contribution < -0.4 is 11.2 Å². The Balaban J connectivity index is 1.98. The molecule has 1 aromatic carbocycles. The molecule has 22 heavy (non-hydrogen) atoms. The van der Waals surface area contributed by atoms with Crippen LogP contribution in [0.2, 0.25) is 0 Å². The maximum Gasteiger partial charge on any atom is 0.325 e. The number of nitrogens with one attached hydrogen (secondary N) is 2. The molecule has 3 rings (SSSR count). The molecule has 0 unspecified atom stereocenters. The zero-order chi connectivity index (χ0) is 15.5. The summed E-state index contributed by atoms with van der Waals surface area (Å²) in [5, 5.41) is 0. The Kier molecular flexibility index (Phi) is 4.27. The van der Waals surface area contributed by atoms with Gasteiger partial charge in [0.25, 0.3) is 5.56 Å². The highest BCUT2D eigenvalue weighted by atomic mass is 16.2. The van der Waals surface area contributed by atoms with Gasteiger partial charge in [0, 0.05) is 17.7 Å². The van der Waals surface area contributed by atoms with E-state index in [1.165, 1.54) is 0 Å². The van der Waals surface area contributed by atoms with E-state index in [-0.39, 0.29) is 5.56 Å². The van der Waals surface area contributed by atoms with Crippen molar-refractivity contribution < 1.29 is 0 Å². The lowest BCUT2D eigenvalue weighted by Crippen LogP contribution is -2.30. The molecule has 116 valence electrons. The lowest BCUT2D eigenvalue weighted by Gasteiger charge is -2.27. The van der Waals surface area contributed by atoms with Crippen LogP contribution in [0.3, 0.4) is 0 Å². The summed E-state index contributed by atoms with van der Waals surface area (Å²) in [6, 6.07) is 9.92. The standard InChI is InChI=1S/C18H22N2O2/c1-12-7-9-14(10-8-12)16-15(17(21)20-18(22)19-16)11-13-5-3-2-4-6-13/h2-6,12,14H,7-11H2,1H3,(H2,19,20,21,22). The lowest BCUT2D eigenvalue weighted by molar-refractivity contribution is 0.342. The van der Waals surface area contributed by atoms with Gasteiger partial charge in [-0.15, -0.1) is 0 Å². The van der Waals surface area contributed by atoms with Gasteiger partial charge in [-0.1, -0.05) is 50.1 Å². The molecule has 2 N–H and O–H groups in total. The Morgan fingerprint density at radius 3 is 2.36 bits per heavy atom.